The maximum Gasteiger partial charge on any atom is 0.119 e. The van der Waals surface area contributed by atoms with Gasteiger partial charge in [0.05, 0.1) is 25.4 Å². The summed E-state index contributed by atoms with van der Waals surface area (Å²) in [4.78, 5) is 0. The Kier molecular flexibility index (Phi) is 7.53. The number of rotatable bonds is 9. The van der Waals surface area contributed by atoms with Gasteiger partial charge in [-0.15, -0.1) is 0 Å². The molecule has 108 valence electrons. The maximum atomic E-state index is 5.74. The van der Waals surface area contributed by atoms with Gasteiger partial charge >= 0.3 is 0 Å². The van der Waals surface area contributed by atoms with Gasteiger partial charge in [0.1, 0.15) is 5.75 Å². The fourth-order valence-electron chi connectivity index (χ4n) is 1.84. The maximum absolute atomic E-state index is 5.74. The normalized spacial score (nSPS) is 12.7. The van der Waals surface area contributed by atoms with Gasteiger partial charge in [-0.05, 0) is 51.4 Å². The molecule has 0 radical (unpaired) electrons. The second-order valence-electron chi connectivity index (χ2n) is 4.89. The third kappa shape index (κ3) is 6.08. The van der Waals surface area contributed by atoms with Crippen molar-refractivity contribution in [1.29, 1.82) is 0 Å². The molecule has 0 aliphatic rings. The predicted molar refractivity (Wildman–Crippen MR) is 79.7 cm³/mol. The number of nitrogens with one attached hydrogen (secondary N) is 1. The van der Waals surface area contributed by atoms with E-state index in [1.165, 1.54) is 5.56 Å². The first-order valence-electron chi connectivity index (χ1n) is 7.25. The zero-order valence-corrected chi connectivity index (χ0v) is 12.6. The molecule has 1 aromatic carbocycles. The monoisotopic (exact) mass is 265 g/mol. The minimum absolute atomic E-state index is 0.248. The summed E-state index contributed by atoms with van der Waals surface area (Å²) >= 11 is 0. The molecule has 0 aromatic heterocycles. The molecule has 1 unspecified atom stereocenters. The molecule has 1 atom stereocenters. The molecule has 1 rings (SSSR count). The van der Waals surface area contributed by atoms with Gasteiger partial charge in [-0.1, -0.05) is 19.1 Å². The Hall–Kier alpha value is -1.06. The van der Waals surface area contributed by atoms with E-state index < -0.39 is 0 Å². The largest absolute Gasteiger partial charge is 0.494 e. The molecule has 3 nitrogen and oxygen atoms in total. The first kappa shape index (κ1) is 16.0. The lowest BCUT2D eigenvalue weighted by Gasteiger charge is -2.20. The molecular weight excluding hydrogens is 238 g/mol. The SMILES string of the molecule is CCCNC(COC(C)C)c1ccc(OCC)cc1. The topological polar surface area (TPSA) is 30.5 Å². The highest BCUT2D eigenvalue weighted by Crippen LogP contribution is 2.19. The molecule has 1 aromatic rings. The fraction of sp³-hybridized carbons (Fsp3) is 0.625. The summed E-state index contributed by atoms with van der Waals surface area (Å²) in [6.45, 7) is 10.7. The van der Waals surface area contributed by atoms with Crippen LogP contribution in [0.2, 0.25) is 0 Å². The Bertz CT molecular complexity index is 335. The van der Waals surface area contributed by atoms with Gasteiger partial charge in [-0.2, -0.15) is 0 Å². The molecule has 0 bridgehead atoms. The van der Waals surface area contributed by atoms with Crippen molar-refractivity contribution >= 4 is 0 Å². The molecule has 19 heavy (non-hydrogen) atoms. The molecular formula is C16H27NO2. The van der Waals surface area contributed by atoms with E-state index in [0.29, 0.717) is 13.2 Å². The third-order valence-corrected chi connectivity index (χ3v) is 2.83. The van der Waals surface area contributed by atoms with E-state index in [4.69, 9.17) is 9.47 Å². The minimum Gasteiger partial charge on any atom is -0.494 e. The lowest BCUT2D eigenvalue weighted by atomic mass is 10.1. The Morgan fingerprint density at radius 2 is 1.79 bits per heavy atom. The van der Waals surface area contributed by atoms with Crippen LogP contribution < -0.4 is 10.1 Å². The Labute approximate surface area is 117 Å². The highest BCUT2D eigenvalue weighted by molar-refractivity contribution is 5.29. The van der Waals surface area contributed by atoms with Crippen LogP contribution in [0.1, 0.15) is 45.7 Å². The standard InChI is InChI=1S/C16H27NO2/c1-5-11-17-16(12-19-13(3)4)14-7-9-15(10-8-14)18-6-2/h7-10,13,16-17H,5-6,11-12H2,1-4H3. The lowest BCUT2D eigenvalue weighted by molar-refractivity contribution is 0.0611. The molecule has 0 spiro atoms. The second kappa shape index (κ2) is 8.94. The average molecular weight is 265 g/mol. The Balaban J connectivity index is 2.66. The van der Waals surface area contributed by atoms with Gasteiger partial charge in [0.2, 0.25) is 0 Å². The second-order valence-corrected chi connectivity index (χ2v) is 4.89. The quantitative estimate of drug-likeness (QED) is 0.740. The summed E-state index contributed by atoms with van der Waals surface area (Å²) in [5.41, 5.74) is 1.25. The summed E-state index contributed by atoms with van der Waals surface area (Å²) in [6, 6.07) is 8.52. The van der Waals surface area contributed by atoms with Crippen LogP contribution in [0.25, 0.3) is 0 Å². The number of hydrogen-bond acceptors (Lipinski definition) is 3. The van der Waals surface area contributed by atoms with Crippen molar-refractivity contribution in [3.63, 3.8) is 0 Å². The van der Waals surface area contributed by atoms with Crippen molar-refractivity contribution in [3.8, 4) is 5.75 Å². The van der Waals surface area contributed by atoms with Crippen LogP contribution in [0.3, 0.4) is 0 Å². The number of benzene rings is 1. The molecule has 1 N–H and O–H groups in total. The van der Waals surface area contributed by atoms with Gasteiger partial charge in [0, 0.05) is 0 Å². The van der Waals surface area contributed by atoms with Crippen LogP contribution in [0, 0.1) is 0 Å². The van der Waals surface area contributed by atoms with Crippen molar-refractivity contribution < 1.29 is 9.47 Å². The van der Waals surface area contributed by atoms with Crippen LogP contribution in [0.5, 0.6) is 5.75 Å². The lowest BCUT2D eigenvalue weighted by Crippen LogP contribution is -2.27. The first-order valence-corrected chi connectivity index (χ1v) is 7.25. The molecule has 0 amide bonds. The van der Waals surface area contributed by atoms with E-state index in [2.05, 4.69) is 38.2 Å². The van der Waals surface area contributed by atoms with E-state index in [0.717, 1.165) is 18.7 Å². The summed E-state index contributed by atoms with van der Waals surface area (Å²) in [6.07, 6.45) is 1.38. The van der Waals surface area contributed by atoms with Crippen molar-refractivity contribution in [1.82, 2.24) is 5.32 Å². The van der Waals surface area contributed by atoms with Gasteiger partial charge in [0.25, 0.3) is 0 Å². The van der Waals surface area contributed by atoms with Crippen molar-refractivity contribution in [2.45, 2.75) is 46.3 Å². The molecule has 0 heterocycles. The Morgan fingerprint density at radius 1 is 1.11 bits per heavy atom. The zero-order valence-electron chi connectivity index (χ0n) is 12.6. The predicted octanol–water partition coefficient (Wildman–Crippen LogP) is 3.55. The summed E-state index contributed by atoms with van der Waals surface area (Å²) in [7, 11) is 0. The average Bonchev–Trinajstić information content (AvgIpc) is 2.40. The van der Waals surface area contributed by atoms with Crippen LogP contribution in [0.4, 0.5) is 0 Å². The van der Waals surface area contributed by atoms with E-state index in [-0.39, 0.29) is 12.1 Å². The van der Waals surface area contributed by atoms with Crippen LogP contribution >= 0.6 is 0 Å². The first-order chi connectivity index (χ1) is 9.17. The summed E-state index contributed by atoms with van der Waals surface area (Å²) in [5, 5.41) is 3.53. The minimum atomic E-state index is 0.248. The van der Waals surface area contributed by atoms with E-state index in [9.17, 15) is 0 Å². The van der Waals surface area contributed by atoms with Crippen molar-refractivity contribution in [2.24, 2.45) is 0 Å². The van der Waals surface area contributed by atoms with Gasteiger partial charge in [-0.25, -0.2) is 0 Å². The van der Waals surface area contributed by atoms with Crippen LogP contribution in [-0.2, 0) is 4.74 Å². The van der Waals surface area contributed by atoms with Crippen LogP contribution in [-0.4, -0.2) is 25.9 Å². The molecule has 0 aliphatic carbocycles. The van der Waals surface area contributed by atoms with Crippen molar-refractivity contribution in [2.75, 3.05) is 19.8 Å². The smallest absolute Gasteiger partial charge is 0.119 e. The van der Waals surface area contributed by atoms with Gasteiger partial charge in [0.15, 0.2) is 0 Å². The molecule has 0 saturated carbocycles. The molecule has 0 aliphatic heterocycles. The Morgan fingerprint density at radius 3 is 2.32 bits per heavy atom. The van der Waals surface area contributed by atoms with E-state index in [1.807, 2.05) is 19.1 Å². The number of hydrogen-bond donors (Lipinski definition) is 1. The van der Waals surface area contributed by atoms with E-state index in [1.54, 1.807) is 0 Å². The fourth-order valence-corrected chi connectivity index (χ4v) is 1.84. The van der Waals surface area contributed by atoms with Crippen molar-refractivity contribution in [3.05, 3.63) is 29.8 Å². The van der Waals surface area contributed by atoms with E-state index >= 15 is 0 Å². The summed E-state index contributed by atoms with van der Waals surface area (Å²) < 4.78 is 11.2. The van der Waals surface area contributed by atoms with Gasteiger partial charge in [-0.3, -0.25) is 0 Å². The molecule has 3 heteroatoms. The zero-order chi connectivity index (χ0) is 14.1. The highest BCUT2D eigenvalue weighted by Gasteiger charge is 2.11. The van der Waals surface area contributed by atoms with Gasteiger partial charge < -0.3 is 14.8 Å². The third-order valence-electron chi connectivity index (χ3n) is 2.83. The number of ether oxygens (including phenoxy) is 2. The highest BCUT2D eigenvalue weighted by atomic mass is 16.5. The summed E-state index contributed by atoms with van der Waals surface area (Å²) in [5.74, 6) is 0.922. The van der Waals surface area contributed by atoms with Crippen LogP contribution in [0.15, 0.2) is 24.3 Å². The molecule has 0 fully saturated rings. The molecule has 0 saturated heterocycles.